The van der Waals surface area contributed by atoms with Crippen LogP contribution in [0.5, 0.6) is 0 Å². The van der Waals surface area contributed by atoms with Crippen LogP contribution in [0.15, 0.2) is 54.6 Å². The molecular weight excluding hydrogens is 397 g/mol. The third-order valence-electron chi connectivity index (χ3n) is 4.00. The van der Waals surface area contributed by atoms with E-state index >= 15 is 0 Å². The van der Waals surface area contributed by atoms with Crippen molar-refractivity contribution in [1.82, 2.24) is 5.32 Å². The highest BCUT2D eigenvalue weighted by Gasteiger charge is 2.28. The van der Waals surface area contributed by atoms with E-state index < -0.39 is 41.2 Å². The highest BCUT2D eigenvalue weighted by atomic mass is 32.2. The third kappa shape index (κ3) is 7.15. The van der Waals surface area contributed by atoms with Gasteiger partial charge in [-0.25, -0.2) is 9.18 Å². The van der Waals surface area contributed by atoms with Crippen molar-refractivity contribution < 1.29 is 28.7 Å². The Kier molecular flexibility index (Phi) is 8.09. The van der Waals surface area contributed by atoms with Gasteiger partial charge in [-0.15, -0.1) is 0 Å². The van der Waals surface area contributed by atoms with E-state index in [0.717, 1.165) is 11.6 Å². The average molecular weight is 417 g/mol. The fraction of sp³-hybridized carbons (Fsp3) is 0.238. The SMILES string of the molecule is CC(=O)SC(CC(=O)N[C@@H](Cc1ccccc1)C(=O)O)C(=O)c1cccc(F)c1. The van der Waals surface area contributed by atoms with E-state index in [4.69, 9.17) is 0 Å². The Morgan fingerprint density at radius 3 is 2.34 bits per heavy atom. The Labute approximate surface area is 171 Å². The first kappa shape index (κ1) is 22.3. The fourth-order valence-corrected chi connectivity index (χ4v) is 3.57. The molecule has 2 aromatic rings. The van der Waals surface area contributed by atoms with Crippen molar-refractivity contribution in [1.29, 1.82) is 0 Å². The average Bonchev–Trinajstić information content (AvgIpc) is 2.66. The summed E-state index contributed by atoms with van der Waals surface area (Å²) >= 11 is 0.657. The van der Waals surface area contributed by atoms with Gasteiger partial charge in [0.1, 0.15) is 11.9 Å². The number of carboxylic acid groups (broad SMARTS) is 1. The topological polar surface area (TPSA) is 101 Å². The van der Waals surface area contributed by atoms with E-state index in [-0.39, 0.29) is 17.1 Å². The second kappa shape index (κ2) is 10.5. The largest absolute Gasteiger partial charge is 0.480 e. The number of halogens is 1. The monoisotopic (exact) mass is 417 g/mol. The highest BCUT2D eigenvalue weighted by molar-refractivity contribution is 8.14. The molecule has 0 fully saturated rings. The van der Waals surface area contributed by atoms with Crippen molar-refractivity contribution in [2.75, 3.05) is 0 Å². The number of rotatable bonds is 9. The Morgan fingerprint density at radius 2 is 1.76 bits per heavy atom. The van der Waals surface area contributed by atoms with E-state index in [1.807, 2.05) is 0 Å². The van der Waals surface area contributed by atoms with Crippen molar-refractivity contribution in [3.8, 4) is 0 Å². The van der Waals surface area contributed by atoms with Gasteiger partial charge in [-0.1, -0.05) is 54.2 Å². The van der Waals surface area contributed by atoms with Crippen LogP contribution in [0.4, 0.5) is 4.39 Å². The molecule has 0 radical (unpaired) electrons. The van der Waals surface area contributed by atoms with Crippen molar-refractivity contribution in [3.63, 3.8) is 0 Å². The number of hydrogen-bond acceptors (Lipinski definition) is 5. The molecule has 0 heterocycles. The summed E-state index contributed by atoms with van der Waals surface area (Å²) < 4.78 is 13.4. The van der Waals surface area contributed by atoms with Gasteiger partial charge in [-0.05, 0) is 17.7 Å². The quantitative estimate of drug-likeness (QED) is 0.609. The van der Waals surface area contributed by atoms with Crippen molar-refractivity contribution in [3.05, 3.63) is 71.5 Å². The predicted octanol–water partition coefficient (Wildman–Crippen LogP) is 2.86. The maximum absolute atomic E-state index is 13.4. The molecule has 0 spiro atoms. The Hall–Kier alpha value is -3.00. The van der Waals surface area contributed by atoms with Crippen molar-refractivity contribution >= 4 is 34.5 Å². The van der Waals surface area contributed by atoms with Gasteiger partial charge in [0.2, 0.25) is 5.91 Å². The van der Waals surface area contributed by atoms with Gasteiger partial charge >= 0.3 is 5.97 Å². The minimum absolute atomic E-state index is 0.0376. The molecule has 2 atom stereocenters. The van der Waals surface area contributed by atoms with E-state index in [0.29, 0.717) is 11.8 Å². The molecular formula is C21H20FNO5S. The molecule has 29 heavy (non-hydrogen) atoms. The normalized spacial score (nSPS) is 12.6. The number of nitrogens with one attached hydrogen (secondary N) is 1. The highest BCUT2D eigenvalue weighted by Crippen LogP contribution is 2.21. The van der Waals surface area contributed by atoms with Gasteiger partial charge in [0.25, 0.3) is 0 Å². The number of hydrogen-bond donors (Lipinski definition) is 2. The minimum atomic E-state index is -1.21. The van der Waals surface area contributed by atoms with Crippen LogP contribution in [0, 0.1) is 5.82 Å². The molecule has 1 unspecified atom stereocenters. The number of carboxylic acids is 1. The molecule has 0 aliphatic carbocycles. The zero-order valence-electron chi connectivity index (χ0n) is 15.6. The zero-order valence-corrected chi connectivity index (χ0v) is 16.4. The minimum Gasteiger partial charge on any atom is -0.480 e. The lowest BCUT2D eigenvalue weighted by atomic mass is 10.0. The first-order chi connectivity index (χ1) is 13.8. The molecule has 6 nitrogen and oxygen atoms in total. The van der Waals surface area contributed by atoms with Crippen LogP contribution in [0.2, 0.25) is 0 Å². The van der Waals surface area contributed by atoms with Crippen LogP contribution in [0.25, 0.3) is 0 Å². The molecule has 2 N–H and O–H groups in total. The van der Waals surface area contributed by atoms with E-state index in [2.05, 4.69) is 5.32 Å². The number of ketones is 1. The summed E-state index contributed by atoms with van der Waals surface area (Å²) in [6, 6.07) is 12.6. The Bertz CT molecular complexity index is 903. The van der Waals surface area contributed by atoms with E-state index in [9.17, 15) is 28.7 Å². The molecule has 0 bridgehead atoms. The lowest BCUT2D eigenvalue weighted by Crippen LogP contribution is -2.43. The molecule has 1 amide bonds. The molecule has 0 aliphatic rings. The lowest BCUT2D eigenvalue weighted by Gasteiger charge is -2.18. The third-order valence-corrected chi connectivity index (χ3v) is 4.99. The summed E-state index contributed by atoms with van der Waals surface area (Å²) in [4.78, 5) is 48.1. The summed E-state index contributed by atoms with van der Waals surface area (Å²) in [5.41, 5.74) is 0.765. The summed E-state index contributed by atoms with van der Waals surface area (Å²) in [7, 11) is 0. The van der Waals surface area contributed by atoms with Gasteiger partial charge in [-0.2, -0.15) is 0 Å². The maximum Gasteiger partial charge on any atom is 0.326 e. The summed E-state index contributed by atoms with van der Waals surface area (Å²) in [5.74, 6) is -3.08. The molecule has 0 saturated heterocycles. The van der Waals surface area contributed by atoms with Gasteiger partial charge in [0.15, 0.2) is 10.9 Å². The van der Waals surface area contributed by atoms with E-state index in [1.165, 1.54) is 25.1 Å². The first-order valence-electron chi connectivity index (χ1n) is 8.79. The summed E-state index contributed by atoms with van der Waals surface area (Å²) in [5, 5.41) is 10.3. The summed E-state index contributed by atoms with van der Waals surface area (Å²) in [6.07, 6.45) is -0.331. The van der Waals surface area contributed by atoms with Crippen LogP contribution in [0.3, 0.4) is 0 Å². The number of thioether (sulfide) groups is 1. The van der Waals surface area contributed by atoms with Crippen LogP contribution in [0.1, 0.15) is 29.3 Å². The lowest BCUT2D eigenvalue weighted by molar-refractivity contribution is -0.141. The van der Waals surface area contributed by atoms with Crippen LogP contribution in [-0.4, -0.2) is 39.2 Å². The number of carbonyl (C=O) groups excluding carboxylic acids is 3. The van der Waals surface area contributed by atoms with Crippen LogP contribution < -0.4 is 5.32 Å². The van der Waals surface area contributed by atoms with Crippen LogP contribution >= 0.6 is 11.8 Å². The number of benzene rings is 2. The van der Waals surface area contributed by atoms with Crippen molar-refractivity contribution in [2.45, 2.75) is 31.1 Å². The summed E-state index contributed by atoms with van der Waals surface area (Å²) in [6.45, 7) is 1.25. The Morgan fingerprint density at radius 1 is 1.07 bits per heavy atom. The Balaban J connectivity index is 2.10. The molecule has 0 saturated carbocycles. The second-order valence-electron chi connectivity index (χ2n) is 6.32. The standard InChI is InChI=1S/C21H20FNO5S/c1-13(24)29-18(20(26)15-8-5-9-16(22)11-15)12-19(25)23-17(21(27)28)10-14-6-3-2-4-7-14/h2-9,11,17-18H,10,12H2,1H3,(H,23,25)(H,27,28)/t17-,18?/m0/s1. The van der Waals surface area contributed by atoms with Gasteiger partial charge in [0.05, 0.1) is 5.25 Å². The number of amides is 1. The fourth-order valence-electron chi connectivity index (χ4n) is 2.69. The number of Topliss-reactive ketones (excluding diaryl/α,β-unsaturated/α-hetero) is 1. The van der Waals surface area contributed by atoms with Gasteiger partial charge in [-0.3, -0.25) is 14.4 Å². The molecule has 2 rings (SSSR count). The molecule has 0 aliphatic heterocycles. The molecule has 8 heteroatoms. The van der Waals surface area contributed by atoms with E-state index in [1.54, 1.807) is 30.3 Å². The maximum atomic E-state index is 13.4. The van der Waals surface area contributed by atoms with Gasteiger partial charge in [0, 0.05) is 25.3 Å². The van der Waals surface area contributed by atoms with Gasteiger partial charge < -0.3 is 10.4 Å². The van der Waals surface area contributed by atoms with Crippen molar-refractivity contribution in [2.24, 2.45) is 0 Å². The predicted molar refractivity (Wildman–Crippen MR) is 107 cm³/mol. The molecule has 2 aromatic carbocycles. The number of aliphatic carboxylic acids is 1. The number of carbonyl (C=O) groups is 4. The molecule has 0 aromatic heterocycles. The first-order valence-corrected chi connectivity index (χ1v) is 9.67. The zero-order chi connectivity index (χ0) is 21.4. The van der Waals surface area contributed by atoms with Crippen LogP contribution in [-0.2, 0) is 20.8 Å². The second-order valence-corrected chi connectivity index (χ2v) is 7.70. The smallest absolute Gasteiger partial charge is 0.326 e. The molecule has 152 valence electrons.